The maximum absolute atomic E-state index is 13.1. The van der Waals surface area contributed by atoms with E-state index in [1.54, 1.807) is 12.3 Å². The van der Waals surface area contributed by atoms with Gasteiger partial charge in [0.1, 0.15) is 10.8 Å². The molecule has 1 N–H and O–H groups in total. The second kappa shape index (κ2) is 8.59. The van der Waals surface area contributed by atoms with Crippen molar-refractivity contribution in [2.24, 2.45) is 0 Å². The van der Waals surface area contributed by atoms with E-state index in [1.807, 2.05) is 24.3 Å². The second-order valence-corrected chi connectivity index (χ2v) is 6.61. The third-order valence-corrected chi connectivity index (χ3v) is 4.41. The molecule has 2 aromatic carbocycles. The van der Waals surface area contributed by atoms with Crippen LogP contribution in [0, 0.1) is 5.82 Å². The van der Waals surface area contributed by atoms with Crippen molar-refractivity contribution in [3.05, 3.63) is 60.5 Å². The van der Waals surface area contributed by atoms with Crippen LogP contribution in [0.3, 0.4) is 0 Å². The standard InChI is InChI=1S/C19H16FN3O3S/c1-12(19(25)22-14-6-4-5-13(20)9-14)26-18(24)11-27-17-10-21-15-7-2-3-8-16(15)23-17/h2-10,12H,11H2,1H3,(H,22,25). The molecule has 0 fully saturated rings. The maximum Gasteiger partial charge on any atom is 0.317 e. The first-order valence-electron chi connectivity index (χ1n) is 8.12. The second-order valence-electron chi connectivity index (χ2n) is 5.62. The van der Waals surface area contributed by atoms with E-state index in [0.717, 1.165) is 11.0 Å². The molecule has 8 heteroatoms. The fourth-order valence-corrected chi connectivity index (χ4v) is 2.86. The maximum atomic E-state index is 13.1. The van der Waals surface area contributed by atoms with Crippen LogP contribution in [0.1, 0.15) is 6.92 Å². The number of ether oxygens (including phenoxy) is 1. The number of rotatable bonds is 6. The van der Waals surface area contributed by atoms with E-state index in [9.17, 15) is 14.0 Å². The molecule has 1 atom stereocenters. The number of hydrogen-bond acceptors (Lipinski definition) is 6. The molecule has 3 rings (SSSR count). The first-order valence-corrected chi connectivity index (χ1v) is 9.10. The highest BCUT2D eigenvalue weighted by Gasteiger charge is 2.18. The number of anilines is 1. The summed E-state index contributed by atoms with van der Waals surface area (Å²) in [6.45, 7) is 1.45. The van der Waals surface area contributed by atoms with Crippen LogP contribution in [0.5, 0.6) is 0 Å². The molecule has 0 spiro atoms. The summed E-state index contributed by atoms with van der Waals surface area (Å²) in [5.41, 5.74) is 1.80. The average Bonchev–Trinajstić information content (AvgIpc) is 2.66. The Kier molecular flexibility index (Phi) is 5.97. The molecule has 0 saturated heterocycles. The summed E-state index contributed by atoms with van der Waals surface area (Å²) in [5.74, 6) is -1.57. The van der Waals surface area contributed by atoms with Gasteiger partial charge in [0.2, 0.25) is 0 Å². The fraction of sp³-hybridized carbons (Fsp3) is 0.158. The molecule has 27 heavy (non-hydrogen) atoms. The molecule has 3 aromatic rings. The molecule has 0 radical (unpaired) electrons. The summed E-state index contributed by atoms with van der Waals surface area (Å²) in [6, 6.07) is 12.9. The van der Waals surface area contributed by atoms with Gasteiger partial charge in [-0.3, -0.25) is 14.6 Å². The minimum atomic E-state index is -1.01. The number of para-hydroxylation sites is 2. The predicted octanol–water partition coefficient (Wildman–Crippen LogP) is 3.43. The Balaban J connectivity index is 1.51. The quantitative estimate of drug-likeness (QED) is 0.517. The molecule has 0 aliphatic heterocycles. The van der Waals surface area contributed by atoms with Crippen molar-refractivity contribution < 1.29 is 18.7 Å². The van der Waals surface area contributed by atoms with Crippen LogP contribution >= 0.6 is 11.8 Å². The number of amides is 1. The van der Waals surface area contributed by atoms with Crippen LogP contribution in [0.15, 0.2) is 59.8 Å². The highest BCUT2D eigenvalue weighted by molar-refractivity contribution is 7.99. The number of thioether (sulfide) groups is 1. The Morgan fingerprint density at radius 2 is 1.96 bits per heavy atom. The topological polar surface area (TPSA) is 81.2 Å². The number of fused-ring (bicyclic) bond motifs is 1. The van der Waals surface area contributed by atoms with Crippen molar-refractivity contribution in [1.29, 1.82) is 0 Å². The van der Waals surface area contributed by atoms with Crippen molar-refractivity contribution in [1.82, 2.24) is 9.97 Å². The molecule has 0 saturated carbocycles. The number of halogens is 1. The number of carbonyl (C=O) groups is 2. The minimum absolute atomic E-state index is 0.00932. The van der Waals surface area contributed by atoms with Gasteiger partial charge in [-0.15, -0.1) is 0 Å². The number of hydrogen-bond donors (Lipinski definition) is 1. The van der Waals surface area contributed by atoms with E-state index >= 15 is 0 Å². The van der Waals surface area contributed by atoms with Gasteiger partial charge in [-0.1, -0.05) is 30.0 Å². The van der Waals surface area contributed by atoms with Crippen LogP contribution in [-0.4, -0.2) is 33.7 Å². The lowest BCUT2D eigenvalue weighted by molar-refractivity contribution is -0.150. The normalized spacial score (nSPS) is 11.8. The number of esters is 1. The SMILES string of the molecule is CC(OC(=O)CSc1cnc2ccccc2n1)C(=O)Nc1cccc(F)c1. The van der Waals surface area contributed by atoms with Gasteiger partial charge in [-0.2, -0.15) is 0 Å². The highest BCUT2D eigenvalue weighted by atomic mass is 32.2. The van der Waals surface area contributed by atoms with E-state index < -0.39 is 23.8 Å². The van der Waals surface area contributed by atoms with Crippen LogP contribution in [0.2, 0.25) is 0 Å². The van der Waals surface area contributed by atoms with Crippen LogP contribution in [-0.2, 0) is 14.3 Å². The van der Waals surface area contributed by atoms with Gasteiger partial charge in [0, 0.05) is 5.69 Å². The molecule has 1 amide bonds. The van der Waals surface area contributed by atoms with E-state index in [0.29, 0.717) is 10.7 Å². The summed E-state index contributed by atoms with van der Waals surface area (Å²) in [5, 5.41) is 3.08. The predicted molar refractivity (Wildman–Crippen MR) is 101 cm³/mol. The van der Waals surface area contributed by atoms with Crippen molar-refractivity contribution in [3.63, 3.8) is 0 Å². The average molecular weight is 385 g/mol. The van der Waals surface area contributed by atoms with Gasteiger partial charge >= 0.3 is 5.97 Å². The van der Waals surface area contributed by atoms with Crippen molar-refractivity contribution in [3.8, 4) is 0 Å². The molecule has 0 bridgehead atoms. The van der Waals surface area contributed by atoms with Crippen molar-refractivity contribution in [2.75, 3.05) is 11.1 Å². The molecular formula is C19H16FN3O3S. The third kappa shape index (κ3) is 5.24. The Bertz CT molecular complexity index is 983. The minimum Gasteiger partial charge on any atom is -0.452 e. The molecular weight excluding hydrogens is 369 g/mol. The van der Waals surface area contributed by atoms with Gasteiger partial charge in [0.15, 0.2) is 6.10 Å². The van der Waals surface area contributed by atoms with Gasteiger partial charge < -0.3 is 10.1 Å². The Labute approximate surface area is 159 Å². The van der Waals surface area contributed by atoms with Gasteiger partial charge in [0.25, 0.3) is 5.91 Å². The first-order chi connectivity index (χ1) is 13.0. The zero-order valence-corrected chi connectivity index (χ0v) is 15.2. The summed E-state index contributed by atoms with van der Waals surface area (Å²) in [6.07, 6.45) is 0.574. The zero-order valence-electron chi connectivity index (χ0n) is 14.4. The van der Waals surface area contributed by atoms with E-state index in [2.05, 4.69) is 15.3 Å². The monoisotopic (exact) mass is 385 g/mol. The summed E-state index contributed by atoms with van der Waals surface area (Å²) in [7, 11) is 0. The van der Waals surface area contributed by atoms with Crippen LogP contribution < -0.4 is 5.32 Å². The van der Waals surface area contributed by atoms with E-state index in [1.165, 1.54) is 36.9 Å². The molecule has 0 aliphatic carbocycles. The molecule has 138 valence electrons. The zero-order chi connectivity index (χ0) is 19.2. The summed E-state index contributed by atoms with van der Waals surface area (Å²) in [4.78, 5) is 32.7. The molecule has 6 nitrogen and oxygen atoms in total. The van der Waals surface area contributed by atoms with Gasteiger partial charge in [0.05, 0.1) is 23.0 Å². The third-order valence-electron chi connectivity index (χ3n) is 3.53. The lowest BCUT2D eigenvalue weighted by Gasteiger charge is -2.13. The van der Waals surface area contributed by atoms with E-state index in [-0.39, 0.29) is 5.75 Å². The summed E-state index contributed by atoms with van der Waals surface area (Å²) < 4.78 is 18.2. The highest BCUT2D eigenvalue weighted by Crippen LogP contribution is 2.18. The van der Waals surface area contributed by atoms with Crippen molar-refractivity contribution >= 4 is 40.4 Å². The largest absolute Gasteiger partial charge is 0.452 e. The van der Waals surface area contributed by atoms with E-state index in [4.69, 9.17) is 4.74 Å². The van der Waals surface area contributed by atoms with Crippen LogP contribution in [0.4, 0.5) is 10.1 Å². The number of aromatic nitrogens is 2. The molecule has 1 heterocycles. The fourth-order valence-electron chi connectivity index (χ4n) is 2.24. The molecule has 1 unspecified atom stereocenters. The Hall–Kier alpha value is -3.00. The lowest BCUT2D eigenvalue weighted by Crippen LogP contribution is -2.30. The van der Waals surface area contributed by atoms with Crippen LogP contribution in [0.25, 0.3) is 11.0 Å². The number of benzene rings is 2. The summed E-state index contributed by atoms with van der Waals surface area (Å²) >= 11 is 1.17. The van der Waals surface area contributed by atoms with Crippen molar-refractivity contribution in [2.45, 2.75) is 18.1 Å². The lowest BCUT2D eigenvalue weighted by atomic mass is 10.3. The Morgan fingerprint density at radius 1 is 1.19 bits per heavy atom. The van der Waals surface area contributed by atoms with Gasteiger partial charge in [-0.25, -0.2) is 9.37 Å². The molecule has 0 aliphatic rings. The smallest absolute Gasteiger partial charge is 0.317 e. The molecule has 1 aromatic heterocycles. The number of nitrogens with zero attached hydrogens (tertiary/aromatic N) is 2. The number of nitrogens with one attached hydrogen (secondary N) is 1. The van der Waals surface area contributed by atoms with Gasteiger partial charge in [-0.05, 0) is 37.3 Å². The Morgan fingerprint density at radius 3 is 2.74 bits per heavy atom. The number of carbonyl (C=O) groups excluding carboxylic acids is 2. The first kappa shape index (κ1) is 18.8.